The molecule has 0 saturated carbocycles. The van der Waals surface area contributed by atoms with Gasteiger partial charge in [0.25, 0.3) is 5.95 Å². The van der Waals surface area contributed by atoms with Crippen LogP contribution >= 0.6 is 0 Å². The number of methoxy groups -OCH3 is 1. The number of nitrogens with one attached hydrogen (secondary N) is 1. The van der Waals surface area contributed by atoms with E-state index >= 15 is 0 Å². The van der Waals surface area contributed by atoms with E-state index in [1.807, 2.05) is 24.3 Å². The molecule has 1 aliphatic heterocycles. The average Bonchev–Trinajstić information content (AvgIpc) is 3.16. The summed E-state index contributed by atoms with van der Waals surface area (Å²) in [6.45, 7) is 1.73. The molecule has 3 heterocycles. The molecular weight excluding hydrogens is 430 g/mol. The van der Waals surface area contributed by atoms with Gasteiger partial charge in [-0.25, -0.2) is 13.8 Å². The molecule has 0 unspecified atom stereocenters. The first-order valence-electron chi connectivity index (χ1n) is 10.1. The quantitative estimate of drug-likeness (QED) is 0.510. The normalized spacial score (nSPS) is 15.2. The summed E-state index contributed by atoms with van der Waals surface area (Å²) in [4.78, 5) is 17.1. The Morgan fingerprint density at radius 1 is 1.18 bits per heavy atom. The number of fused-ring (bicyclic) bond motifs is 1. The Labute approximate surface area is 187 Å². The lowest BCUT2D eigenvalue weighted by Crippen LogP contribution is -2.25. The molecule has 0 fully saturated rings. The second kappa shape index (κ2) is 8.05. The van der Waals surface area contributed by atoms with Gasteiger partial charge in [0.1, 0.15) is 23.2 Å². The van der Waals surface area contributed by atoms with Crippen LogP contribution < -0.4 is 10.1 Å². The molecule has 0 saturated heterocycles. The third-order valence-corrected chi connectivity index (χ3v) is 5.54. The third-order valence-electron chi connectivity index (χ3n) is 5.54. The summed E-state index contributed by atoms with van der Waals surface area (Å²) in [6, 6.07) is 10.5. The van der Waals surface area contributed by atoms with Gasteiger partial charge in [0.2, 0.25) is 5.91 Å². The predicted octanol–water partition coefficient (Wildman–Crippen LogP) is 3.79. The molecule has 4 aromatic rings. The van der Waals surface area contributed by atoms with Crippen molar-refractivity contribution in [3.63, 3.8) is 0 Å². The summed E-state index contributed by atoms with van der Waals surface area (Å²) in [7, 11) is 1.57. The zero-order valence-electron chi connectivity index (χ0n) is 17.7. The molecular formula is C23H18F2N6O2. The van der Waals surface area contributed by atoms with Crippen LogP contribution in [0.1, 0.15) is 29.2 Å². The van der Waals surface area contributed by atoms with Gasteiger partial charge in [0, 0.05) is 23.5 Å². The van der Waals surface area contributed by atoms with Crippen LogP contribution in [0.5, 0.6) is 5.75 Å². The molecule has 0 aliphatic carbocycles. The van der Waals surface area contributed by atoms with E-state index in [4.69, 9.17) is 4.74 Å². The van der Waals surface area contributed by atoms with E-state index < -0.39 is 17.6 Å². The van der Waals surface area contributed by atoms with Crippen LogP contribution in [0.4, 0.5) is 14.6 Å². The minimum absolute atomic E-state index is 0.0388. The van der Waals surface area contributed by atoms with Crippen LogP contribution in [0, 0.1) is 18.6 Å². The number of benzene rings is 2. The van der Waals surface area contributed by atoms with Crippen molar-refractivity contribution >= 4 is 11.7 Å². The minimum atomic E-state index is -0.701. The first kappa shape index (κ1) is 20.7. The Balaban J connectivity index is 1.62. The Morgan fingerprint density at radius 2 is 2.03 bits per heavy atom. The van der Waals surface area contributed by atoms with Crippen molar-refractivity contribution in [3.05, 3.63) is 77.1 Å². The maximum Gasteiger partial charge on any atom is 0.272 e. The van der Waals surface area contributed by atoms with E-state index in [1.54, 1.807) is 14.0 Å². The second-order valence-corrected chi connectivity index (χ2v) is 7.60. The van der Waals surface area contributed by atoms with Crippen molar-refractivity contribution in [1.29, 1.82) is 0 Å². The number of aryl methyl sites for hydroxylation is 1. The number of hydrogen-bond acceptors (Lipinski definition) is 6. The van der Waals surface area contributed by atoms with E-state index in [0.29, 0.717) is 28.5 Å². The van der Waals surface area contributed by atoms with Gasteiger partial charge in [-0.2, -0.15) is 14.9 Å². The number of amides is 1. The van der Waals surface area contributed by atoms with E-state index in [0.717, 1.165) is 23.8 Å². The summed E-state index contributed by atoms with van der Waals surface area (Å²) in [5.74, 6) is -1.13. The van der Waals surface area contributed by atoms with E-state index in [1.165, 1.54) is 10.9 Å². The van der Waals surface area contributed by atoms with Gasteiger partial charge in [-0.15, -0.1) is 5.10 Å². The molecule has 2 aromatic carbocycles. The molecule has 1 aliphatic rings. The fraction of sp³-hybridized carbons (Fsp3) is 0.174. The molecule has 0 spiro atoms. The van der Waals surface area contributed by atoms with Crippen molar-refractivity contribution in [1.82, 2.24) is 25.0 Å². The molecule has 1 atom stereocenters. The van der Waals surface area contributed by atoms with Gasteiger partial charge in [0.15, 0.2) is 0 Å². The van der Waals surface area contributed by atoms with Crippen molar-refractivity contribution < 1.29 is 18.3 Å². The number of anilines is 1. The Kier molecular flexibility index (Phi) is 5.04. The number of halogens is 2. The lowest BCUT2D eigenvalue weighted by molar-refractivity contribution is -0.116. The summed E-state index contributed by atoms with van der Waals surface area (Å²) >= 11 is 0. The zero-order valence-corrected chi connectivity index (χ0v) is 17.7. The van der Waals surface area contributed by atoms with Gasteiger partial charge in [-0.1, -0.05) is 12.1 Å². The predicted molar refractivity (Wildman–Crippen MR) is 115 cm³/mol. The first-order valence-corrected chi connectivity index (χ1v) is 10.1. The largest absolute Gasteiger partial charge is 0.497 e. The maximum absolute atomic E-state index is 14.6. The monoisotopic (exact) mass is 448 g/mol. The standard InChI is InChI=1S/C23H18F2N6O2/c1-12-21-17(16-9-14(24)6-7-18(16)25)10-20(32)28-22(21)31(30-12)23-27-19(11-26-29-23)13-4-3-5-15(8-13)33-2/h3-9,11,17H,10H2,1-2H3,(H,28,32)/t17-/m1/s1. The highest BCUT2D eigenvalue weighted by Crippen LogP contribution is 2.41. The van der Waals surface area contributed by atoms with Crippen molar-refractivity contribution in [2.24, 2.45) is 0 Å². The number of carbonyl (C=O) groups excluding carboxylic acids is 1. The van der Waals surface area contributed by atoms with Crippen molar-refractivity contribution in [2.75, 3.05) is 12.4 Å². The number of hydrogen-bond donors (Lipinski definition) is 1. The number of aromatic nitrogens is 5. The highest BCUT2D eigenvalue weighted by atomic mass is 19.1. The Hall–Kier alpha value is -4.21. The van der Waals surface area contributed by atoms with Crippen LogP contribution in [-0.4, -0.2) is 38.0 Å². The molecule has 10 heteroatoms. The number of nitrogens with zero attached hydrogens (tertiary/aromatic N) is 5. The first-order chi connectivity index (χ1) is 15.9. The van der Waals surface area contributed by atoms with Gasteiger partial charge in [0.05, 0.1) is 24.7 Å². The van der Waals surface area contributed by atoms with Crippen molar-refractivity contribution in [3.8, 4) is 23.0 Å². The lowest BCUT2D eigenvalue weighted by atomic mass is 9.85. The number of ether oxygens (including phenoxy) is 1. The fourth-order valence-electron chi connectivity index (χ4n) is 4.04. The molecule has 2 aromatic heterocycles. The van der Waals surface area contributed by atoms with Gasteiger partial charge in [-0.05, 0) is 42.8 Å². The van der Waals surface area contributed by atoms with E-state index in [2.05, 4.69) is 25.6 Å². The molecule has 5 rings (SSSR count). The molecule has 1 N–H and O–H groups in total. The molecule has 0 bridgehead atoms. The van der Waals surface area contributed by atoms with E-state index in [-0.39, 0.29) is 23.8 Å². The summed E-state index contributed by atoms with van der Waals surface area (Å²) in [5.41, 5.74) is 2.49. The van der Waals surface area contributed by atoms with Crippen molar-refractivity contribution in [2.45, 2.75) is 19.3 Å². The molecule has 1 amide bonds. The number of carbonyl (C=O) groups is 1. The van der Waals surface area contributed by atoms with Gasteiger partial charge < -0.3 is 10.1 Å². The second-order valence-electron chi connectivity index (χ2n) is 7.60. The Morgan fingerprint density at radius 3 is 2.85 bits per heavy atom. The van der Waals surface area contributed by atoms with Gasteiger partial charge in [-0.3, -0.25) is 4.79 Å². The summed E-state index contributed by atoms with van der Waals surface area (Å²) in [6.07, 6.45) is 1.47. The van der Waals surface area contributed by atoms with Crippen LogP contribution in [0.15, 0.2) is 48.7 Å². The average molecular weight is 448 g/mol. The van der Waals surface area contributed by atoms with Crippen LogP contribution in [0.2, 0.25) is 0 Å². The van der Waals surface area contributed by atoms with Crippen LogP contribution in [0.25, 0.3) is 17.2 Å². The van der Waals surface area contributed by atoms with Crippen LogP contribution in [-0.2, 0) is 4.79 Å². The fourth-order valence-corrected chi connectivity index (χ4v) is 4.04. The third kappa shape index (κ3) is 3.69. The summed E-state index contributed by atoms with van der Waals surface area (Å²) in [5, 5.41) is 15.4. The highest BCUT2D eigenvalue weighted by Gasteiger charge is 2.34. The smallest absolute Gasteiger partial charge is 0.272 e. The van der Waals surface area contributed by atoms with E-state index in [9.17, 15) is 13.6 Å². The topological polar surface area (TPSA) is 94.8 Å². The van der Waals surface area contributed by atoms with Gasteiger partial charge >= 0.3 is 0 Å². The molecule has 8 nitrogen and oxygen atoms in total. The SMILES string of the molecule is COc1cccc(-c2cnnc(-n3nc(C)c4c3NC(=O)C[C@@H]4c3cc(F)ccc3F)n2)c1. The highest BCUT2D eigenvalue weighted by molar-refractivity contribution is 5.95. The summed E-state index contributed by atoms with van der Waals surface area (Å²) < 4.78 is 35.1. The minimum Gasteiger partial charge on any atom is -0.497 e. The maximum atomic E-state index is 14.6. The molecule has 166 valence electrons. The molecule has 0 radical (unpaired) electrons. The molecule has 33 heavy (non-hydrogen) atoms. The van der Waals surface area contributed by atoms with Crippen LogP contribution in [0.3, 0.4) is 0 Å². The zero-order chi connectivity index (χ0) is 23.1. The lowest BCUT2D eigenvalue weighted by Gasteiger charge is -2.24. The number of rotatable bonds is 4. The Bertz CT molecular complexity index is 1390.